The number of unbranched alkanes of at least 4 members (excludes halogenated alkanes) is 20. The molecule has 0 N–H and O–H groups in total. The van der Waals surface area contributed by atoms with Crippen LogP contribution in [0.25, 0.3) is 0 Å². The minimum absolute atomic E-state index is 0.114. The molecule has 0 aromatic carbocycles. The Bertz CT molecular complexity index is 1410. The van der Waals surface area contributed by atoms with Crippen LogP contribution in [0.1, 0.15) is 245 Å². The van der Waals surface area contributed by atoms with E-state index in [4.69, 9.17) is 14.2 Å². The largest absolute Gasteiger partial charge is 0.462 e. The van der Waals surface area contributed by atoms with E-state index in [2.05, 4.69) is 130 Å². The van der Waals surface area contributed by atoms with Crippen molar-refractivity contribution in [3.8, 4) is 0 Å². The Balaban J connectivity index is 4.52. The summed E-state index contributed by atoms with van der Waals surface area (Å²) in [5.74, 6) is -1.02. The highest BCUT2D eigenvalue weighted by Gasteiger charge is 2.19. The Morgan fingerprint density at radius 3 is 0.941 bits per heavy atom. The lowest BCUT2D eigenvalue weighted by Crippen LogP contribution is -2.30. The molecular weight excluding hydrogens is 841 g/mol. The molecule has 0 bridgehead atoms. The van der Waals surface area contributed by atoms with Crippen molar-refractivity contribution in [3.05, 3.63) is 109 Å². The van der Waals surface area contributed by atoms with Crippen molar-refractivity contribution in [3.63, 3.8) is 0 Å². The Hall–Kier alpha value is -3.93. The maximum atomic E-state index is 12.8. The fourth-order valence-corrected chi connectivity index (χ4v) is 7.41. The van der Waals surface area contributed by atoms with E-state index in [-0.39, 0.29) is 37.5 Å². The number of carbonyl (C=O) groups excluding carboxylic acids is 3. The molecule has 0 spiro atoms. The van der Waals surface area contributed by atoms with Crippen molar-refractivity contribution in [2.24, 2.45) is 0 Å². The first kappa shape index (κ1) is 64.1. The minimum Gasteiger partial charge on any atom is -0.462 e. The van der Waals surface area contributed by atoms with Gasteiger partial charge in [0.15, 0.2) is 6.10 Å². The first-order chi connectivity index (χ1) is 33.5. The van der Waals surface area contributed by atoms with E-state index in [0.29, 0.717) is 25.7 Å². The predicted molar refractivity (Wildman–Crippen MR) is 293 cm³/mol. The van der Waals surface area contributed by atoms with Crippen molar-refractivity contribution < 1.29 is 28.6 Å². The van der Waals surface area contributed by atoms with E-state index in [9.17, 15) is 14.4 Å². The van der Waals surface area contributed by atoms with E-state index >= 15 is 0 Å². The second kappa shape index (κ2) is 55.7. The zero-order chi connectivity index (χ0) is 49.3. The number of ether oxygens (including phenoxy) is 3. The maximum absolute atomic E-state index is 12.8. The molecule has 0 amide bonds. The van der Waals surface area contributed by atoms with E-state index < -0.39 is 6.10 Å². The van der Waals surface area contributed by atoms with Crippen LogP contribution in [0.4, 0.5) is 0 Å². The summed E-state index contributed by atoms with van der Waals surface area (Å²) >= 11 is 0. The summed E-state index contributed by atoms with van der Waals surface area (Å²) in [6, 6.07) is 0. The molecule has 0 aliphatic carbocycles. The van der Waals surface area contributed by atoms with Gasteiger partial charge in [-0.05, 0) is 96.3 Å². The normalized spacial score (nSPS) is 12.9. The van der Waals surface area contributed by atoms with Crippen molar-refractivity contribution in [1.29, 1.82) is 0 Å². The zero-order valence-electron chi connectivity index (χ0n) is 44.1. The van der Waals surface area contributed by atoms with Crippen LogP contribution in [0, 0.1) is 0 Å². The summed E-state index contributed by atoms with van der Waals surface area (Å²) < 4.78 is 16.8. The van der Waals surface area contributed by atoms with Crippen LogP contribution in [0.2, 0.25) is 0 Å². The molecule has 0 saturated carbocycles. The van der Waals surface area contributed by atoms with Crippen LogP contribution in [-0.4, -0.2) is 37.2 Å². The molecule has 0 saturated heterocycles. The zero-order valence-corrected chi connectivity index (χ0v) is 44.1. The van der Waals surface area contributed by atoms with Gasteiger partial charge in [-0.1, -0.05) is 239 Å². The molecule has 0 rings (SSSR count). The Morgan fingerprint density at radius 1 is 0.309 bits per heavy atom. The van der Waals surface area contributed by atoms with Crippen molar-refractivity contribution >= 4 is 17.9 Å². The topological polar surface area (TPSA) is 78.9 Å². The number of carbonyl (C=O) groups is 3. The Labute approximate surface area is 419 Å². The standard InChI is InChI=1S/C62H102O6/c1-4-7-10-13-16-19-22-25-28-30-32-34-37-40-43-46-49-52-55-61(64)67-58-59(57-66-60(63)54-51-48-45-42-39-36-33-27-24-21-18-15-12-9-6-3)68-62(65)56-53-50-47-44-41-38-35-31-29-26-23-20-17-14-11-8-5-2/h8-9,11-12,17-18,20-21,26-27,29,33,35,38-39,42,44,47,59H,4-7,10,13-16,19,22-25,28,30-32,34,36-37,40-41,43,45-46,48-58H2,1-3H3/b11-8-,12-9-,20-17-,21-18-,29-26-,33-27-,38-35-,42-39-,47-44-/t59-/m1/s1. The van der Waals surface area contributed by atoms with Gasteiger partial charge in [0.2, 0.25) is 0 Å². The minimum atomic E-state index is -0.825. The summed E-state index contributed by atoms with van der Waals surface area (Å²) in [5, 5.41) is 0. The third-order valence-electron chi connectivity index (χ3n) is 11.5. The average molecular weight is 943 g/mol. The van der Waals surface area contributed by atoms with Crippen LogP contribution >= 0.6 is 0 Å². The van der Waals surface area contributed by atoms with E-state index in [1.54, 1.807) is 0 Å². The molecule has 0 aliphatic rings. The van der Waals surface area contributed by atoms with Gasteiger partial charge in [0, 0.05) is 19.3 Å². The lowest BCUT2D eigenvalue weighted by atomic mass is 10.0. The predicted octanol–water partition coefficient (Wildman–Crippen LogP) is 18.7. The molecular formula is C62H102O6. The van der Waals surface area contributed by atoms with Crippen LogP contribution in [0.3, 0.4) is 0 Å². The summed E-state index contributed by atoms with van der Waals surface area (Å²) in [6.07, 6.45) is 75.2. The smallest absolute Gasteiger partial charge is 0.306 e. The van der Waals surface area contributed by atoms with Gasteiger partial charge < -0.3 is 14.2 Å². The summed E-state index contributed by atoms with van der Waals surface area (Å²) in [4.78, 5) is 38.1. The molecule has 6 heteroatoms. The lowest BCUT2D eigenvalue weighted by Gasteiger charge is -2.18. The van der Waals surface area contributed by atoms with Gasteiger partial charge >= 0.3 is 17.9 Å². The van der Waals surface area contributed by atoms with E-state index in [1.165, 1.54) is 96.3 Å². The monoisotopic (exact) mass is 943 g/mol. The van der Waals surface area contributed by atoms with Crippen molar-refractivity contribution in [2.75, 3.05) is 13.2 Å². The van der Waals surface area contributed by atoms with Gasteiger partial charge in [0.05, 0.1) is 0 Å². The second-order valence-electron chi connectivity index (χ2n) is 18.1. The number of esters is 3. The third-order valence-corrected chi connectivity index (χ3v) is 11.5. The molecule has 6 nitrogen and oxygen atoms in total. The molecule has 0 radical (unpaired) electrons. The van der Waals surface area contributed by atoms with E-state index in [1.807, 2.05) is 0 Å². The number of allylic oxidation sites excluding steroid dienone is 18. The SMILES string of the molecule is CC/C=C\C/C=C\C/C=C\C/C=C\C/C=C\CCCC(=O)O[C@H](COC(=O)CCCC/C=C\C/C=C\C/C=C\C/C=C\CC)COC(=O)CCCCCCCCCCCCCCCCCCCC. The van der Waals surface area contributed by atoms with Crippen LogP contribution in [-0.2, 0) is 28.6 Å². The van der Waals surface area contributed by atoms with Crippen LogP contribution < -0.4 is 0 Å². The van der Waals surface area contributed by atoms with E-state index in [0.717, 1.165) is 96.3 Å². The molecule has 0 heterocycles. The molecule has 0 unspecified atom stereocenters. The van der Waals surface area contributed by atoms with Gasteiger partial charge in [-0.25, -0.2) is 0 Å². The molecule has 0 aromatic rings. The quantitative estimate of drug-likeness (QED) is 0.0262. The molecule has 68 heavy (non-hydrogen) atoms. The van der Waals surface area contributed by atoms with Gasteiger partial charge in [0.25, 0.3) is 0 Å². The van der Waals surface area contributed by atoms with Crippen LogP contribution in [0.5, 0.6) is 0 Å². The highest BCUT2D eigenvalue weighted by molar-refractivity contribution is 5.71. The molecule has 1 atom stereocenters. The molecule has 386 valence electrons. The Morgan fingerprint density at radius 2 is 0.588 bits per heavy atom. The fraction of sp³-hybridized carbons (Fsp3) is 0.661. The second-order valence-corrected chi connectivity index (χ2v) is 18.1. The maximum Gasteiger partial charge on any atom is 0.306 e. The van der Waals surface area contributed by atoms with Gasteiger partial charge in [-0.2, -0.15) is 0 Å². The number of hydrogen-bond acceptors (Lipinski definition) is 6. The highest BCUT2D eigenvalue weighted by atomic mass is 16.6. The molecule has 0 aromatic heterocycles. The fourth-order valence-electron chi connectivity index (χ4n) is 7.41. The number of rotatable bonds is 49. The van der Waals surface area contributed by atoms with Gasteiger partial charge in [-0.3, -0.25) is 14.4 Å². The number of hydrogen-bond donors (Lipinski definition) is 0. The first-order valence-corrected chi connectivity index (χ1v) is 27.9. The lowest BCUT2D eigenvalue weighted by molar-refractivity contribution is -0.167. The van der Waals surface area contributed by atoms with Crippen molar-refractivity contribution in [2.45, 2.75) is 252 Å². The molecule has 0 fully saturated rings. The van der Waals surface area contributed by atoms with Crippen LogP contribution in [0.15, 0.2) is 109 Å². The first-order valence-electron chi connectivity index (χ1n) is 27.9. The van der Waals surface area contributed by atoms with Gasteiger partial charge in [0.1, 0.15) is 13.2 Å². The highest BCUT2D eigenvalue weighted by Crippen LogP contribution is 2.15. The van der Waals surface area contributed by atoms with Gasteiger partial charge in [-0.15, -0.1) is 0 Å². The Kier molecular flexibility index (Phi) is 52.4. The summed E-state index contributed by atoms with van der Waals surface area (Å²) in [5.41, 5.74) is 0. The van der Waals surface area contributed by atoms with Crippen molar-refractivity contribution in [1.82, 2.24) is 0 Å². The molecule has 0 aliphatic heterocycles. The third kappa shape index (κ3) is 53.0. The average Bonchev–Trinajstić information content (AvgIpc) is 3.34. The summed E-state index contributed by atoms with van der Waals surface area (Å²) in [6.45, 7) is 6.33. The summed E-state index contributed by atoms with van der Waals surface area (Å²) in [7, 11) is 0.